The van der Waals surface area contributed by atoms with Gasteiger partial charge in [0.2, 0.25) is 11.8 Å². The maximum Gasteiger partial charge on any atom is 0.220 e. The minimum Gasteiger partial charge on any atom is -0.379 e. The third-order valence-electron chi connectivity index (χ3n) is 2.86. The first-order valence-electron chi connectivity index (χ1n) is 9.25. The molecular formula is C18H38N2O4. The fourth-order valence-corrected chi connectivity index (χ4v) is 1.69. The van der Waals surface area contributed by atoms with Gasteiger partial charge < -0.3 is 20.1 Å². The van der Waals surface area contributed by atoms with Crippen LogP contribution in [0.1, 0.15) is 60.3 Å². The van der Waals surface area contributed by atoms with Crippen LogP contribution in [0.3, 0.4) is 0 Å². The minimum absolute atomic E-state index is 0.0730. The summed E-state index contributed by atoms with van der Waals surface area (Å²) < 4.78 is 10.8. The van der Waals surface area contributed by atoms with Crippen molar-refractivity contribution in [1.82, 2.24) is 10.6 Å². The predicted molar refractivity (Wildman–Crippen MR) is 98.0 cm³/mol. The molecule has 0 heterocycles. The van der Waals surface area contributed by atoms with E-state index in [0.717, 1.165) is 12.8 Å². The maximum atomic E-state index is 11.4. The van der Waals surface area contributed by atoms with E-state index in [4.69, 9.17) is 9.47 Å². The molecule has 0 unspecified atom stereocenters. The summed E-state index contributed by atoms with van der Waals surface area (Å²) in [6.07, 6.45) is 2.72. The molecule has 144 valence electrons. The number of rotatable bonds is 14. The van der Waals surface area contributed by atoms with Gasteiger partial charge in [-0.3, -0.25) is 9.59 Å². The van der Waals surface area contributed by atoms with E-state index in [1.54, 1.807) is 0 Å². The maximum absolute atomic E-state index is 11.4. The van der Waals surface area contributed by atoms with Crippen molar-refractivity contribution in [2.45, 2.75) is 60.3 Å². The molecule has 0 radical (unpaired) electrons. The van der Waals surface area contributed by atoms with Crippen LogP contribution in [0.25, 0.3) is 0 Å². The molecule has 0 aliphatic heterocycles. The number of hydrogen-bond donors (Lipinski definition) is 2. The van der Waals surface area contributed by atoms with Gasteiger partial charge in [-0.15, -0.1) is 0 Å². The lowest BCUT2D eigenvalue weighted by Crippen LogP contribution is -2.26. The molecule has 0 saturated carbocycles. The van der Waals surface area contributed by atoms with E-state index >= 15 is 0 Å². The van der Waals surface area contributed by atoms with Crippen LogP contribution in [-0.4, -0.2) is 51.3 Å². The Morgan fingerprint density at radius 1 is 0.833 bits per heavy atom. The van der Waals surface area contributed by atoms with Crippen molar-refractivity contribution >= 4 is 11.8 Å². The molecule has 2 amide bonds. The van der Waals surface area contributed by atoms with E-state index in [9.17, 15) is 9.59 Å². The third kappa shape index (κ3) is 20.9. The molecule has 24 heavy (non-hydrogen) atoms. The summed E-state index contributed by atoms with van der Waals surface area (Å²) in [6.45, 7) is 13.6. The summed E-state index contributed by atoms with van der Waals surface area (Å²) in [7, 11) is 0. The van der Waals surface area contributed by atoms with Crippen molar-refractivity contribution in [3.05, 3.63) is 0 Å². The van der Waals surface area contributed by atoms with Gasteiger partial charge in [0.25, 0.3) is 0 Å². The van der Waals surface area contributed by atoms with Crippen molar-refractivity contribution in [2.75, 3.05) is 39.5 Å². The first-order valence-corrected chi connectivity index (χ1v) is 9.25. The molecule has 0 rings (SSSR count). The van der Waals surface area contributed by atoms with Gasteiger partial charge in [0.15, 0.2) is 0 Å². The van der Waals surface area contributed by atoms with E-state index in [1.807, 2.05) is 34.6 Å². The second-order valence-electron chi connectivity index (χ2n) is 5.58. The largest absolute Gasteiger partial charge is 0.379 e. The van der Waals surface area contributed by atoms with Gasteiger partial charge in [-0.2, -0.15) is 0 Å². The topological polar surface area (TPSA) is 76.7 Å². The molecule has 0 bridgehead atoms. The standard InChI is InChI=1S/C16H32N2O4.C2H6/c1-4-15(19)17-7-5-9-21-11-12-22-10-6-8-18-16(20)13-14(2)3;1-2/h14H,4-13H2,1-3H3,(H,17,19)(H,18,20);1-2H3. The Labute approximate surface area is 148 Å². The van der Waals surface area contributed by atoms with Gasteiger partial charge in [-0.25, -0.2) is 0 Å². The zero-order valence-corrected chi connectivity index (χ0v) is 16.3. The van der Waals surface area contributed by atoms with Gasteiger partial charge >= 0.3 is 0 Å². The molecule has 2 N–H and O–H groups in total. The Bertz CT molecular complexity index is 297. The van der Waals surface area contributed by atoms with E-state index in [1.165, 1.54) is 0 Å². The van der Waals surface area contributed by atoms with Gasteiger partial charge in [0, 0.05) is 39.1 Å². The Morgan fingerprint density at radius 3 is 1.71 bits per heavy atom. The average Bonchev–Trinajstić information content (AvgIpc) is 2.56. The molecule has 0 atom stereocenters. The van der Waals surface area contributed by atoms with Crippen molar-refractivity contribution < 1.29 is 19.1 Å². The number of ether oxygens (including phenoxy) is 2. The fraction of sp³-hybridized carbons (Fsp3) is 0.889. The van der Waals surface area contributed by atoms with E-state index in [0.29, 0.717) is 58.3 Å². The van der Waals surface area contributed by atoms with E-state index in [2.05, 4.69) is 10.6 Å². The Balaban J connectivity index is 0. The zero-order chi connectivity index (χ0) is 18.6. The molecule has 0 aromatic carbocycles. The summed E-state index contributed by atoms with van der Waals surface area (Å²) in [5.41, 5.74) is 0. The zero-order valence-electron chi connectivity index (χ0n) is 16.3. The minimum atomic E-state index is 0.0730. The van der Waals surface area contributed by atoms with Crippen LogP contribution in [0.2, 0.25) is 0 Å². The molecular weight excluding hydrogens is 308 g/mol. The van der Waals surface area contributed by atoms with Crippen LogP contribution in [0.5, 0.6) is 0 Å². The summed E-state index contributed by atoms with van der Waals surface area (Å²) in [6, 6.07) is 0. The highest BCUT2D eigenvalue weighted by Gasteiger charge is 2.03. The molecule has 0 saturated heterocycles. The van der Waals surface area contributed by atoms with Gasteiger partial charge in [-0.1, -0.05) is 34.6 Å². The van der Waals surface area contributed by atoms with Crippen LogP contribution in [0, 0.1) is 5.92 Å². The molecule has 0 fully saturated rings. The van der Waals surface area contributed by atoms with Gasteiger partial charge in [0.1, 0.15) is 0 Å². The van der Waals surface area contributed by atoms with Crippen LogP contribution in [0.4, 0.5) is 0 Å². The fourth-order valence-electron chi connectivity index (χ4n) is 1.69. The lowest BCUT2D eigenvalue weighted by molar-refractivity contribution is -0.122. The molecule has 0 spiro atoms. The Hall–Kier alpha value is -1.14. The normalized spacial score (nSPS) is 10.1. The summed E-state index contributed by atoms with van der Waals surface area (Å²) >= 11 is 0. The van der Waals surface area contributed by atoms with Crippen molar-refractivity contribution in [1.29, 1.82) is 0 Å². The summed E-state index contributed by atoms with van der Waals surface area (Å²) in [4.78, 5) is 22.3. The van der Waals surface area contributed by atoms with Crippen molar-refractivity contribution in [3.63, 3.8) is 0 Å². The second-order valence-corrected chi connectivity index (χ2v) is 5.58. The highest BCUT2D eigenvalue weighted by atomic mass is 16.5. The first-order chi connectivity index (χ1) is 11.6. The molecule has 0 aromatic rings. The SMILES string of the molecule is CC.CCC(=O)NCCCOCCOCCCNC(=O)CC(C)C. The molecule has 0 aliphatic rings. The van der Waals surface area contributed by atoms with Crippen LogP contribution >= 0.6 is 0 Å². The van der Waals surface area contributed by atoms with Crippen LogP contribution in [-0.2, 0) is 19.1 Å². The van der Waals surface area contributed by atoms with Crippen LogP contribution in [0.15, 0.2) is 0 Å². The van der Waals surface area contributed by atoms with Crippen molar-refractivity contribution in [2.24, 2.45) is 5.92 Å². The number of amides is 2. The number of hydrogen-bond acceptors (Lipinski definition) is 4. The van der Waals surface area contributed by atoms with Gasteiger partial charge in [-0.05, 0) is 18.8 Å². The smallest absolute Gasteiger partial charge is 0.220 e. The number of carbonyl (C=O) groups is 2. The number of nitrogens with one attached hydrogen (secondary N) is 2. The second kappa shape index (κ2) is 19.9. The number of carbonyl (C=O) groups excluding carboxylic acids is 2. The van der Waals surface area contributed by atoms with Crippen molar-refractivity contribution in [3.8, 4) is 0 Å². The monoisotopic (exact) mass is 346 g/mol. The quantitative estimate of drug-likeness (QED) is 0.474. The third-order valence-corrected chi connectivity index (χ3v) is 2.86. The average molecular weight is 347 g/mol. The molecule has 6 nitrogen and oxygen atoms in total. The van der Waals surface area contributed by atoms with E-state index < -0.39 is 0 Å². The molecule has 0 aliphatic carbocycles. The Morgan fingerprint density at radius 2 is 1.29 bits per heavy atom. The molecule has 0 aromatic heterocycles. The van der Waals surface area contributed by atoms with Gasteiger partial charge in [0.05, 0.1) is 13.2 Å². The highest BCUT2D eigenvalue weighted by Crippen LogP contribution is 1.97. The lowest BCUT2D eigenvalue weighted by atomic mass is 10.1. The summed E-state index contributed by atoms with van der Waals surface area (Å²) in [5, 5.41) is 5.66. The Kier molecular flexibility index (Phi) is 20.8. The first kappa shape index (κ1) is 25.1. The van der Waals surface area contributed by atoms with Crippen LogP contribution < -0.4 is 10.6 Å². The highest BCUT2D eigenvalue weighted by molar-refractivity contribution is 5.76. The van der Waals surface area contributed by atoms with E-state index in [-0.39, 0.29) is 11.8 Å². The lowest BCUT2D eigenvalue weighted by Gasteiger charge is -2.08. The molecule has 6 heteroatoms. The predicted octanol–water partition coefficient (Wildman–Crippen LogP) is 2.51. The summed E-state index contributed by atoms with van der Waals surface area (Å²) in [5.74, 6) is 0.570.